The molecule has 1 amide bonds. The molecule has 2 aromatic heterocycles. The third kappa shape index (κ3) is 4.44. The average molecular weight is 402 g/mol. The number of nitrogens with zero attached hydrogens (tertiary/aromatic N) is 5. The van der Waals surface area contributed by atoms with E-state index in [-0.39, 0.29) is 5.91 Å². The van der Waals surface area contributed by atoms with Gasteiger partial charge in [-0.3, -0.25) is 4.79 Å². The lowest BCUT2D eigenvalue weighted by atomic mass is 10.1. The van der Waals surface area contributed by atoms with Crippen molar-refractivity contribution in [3.05, 3.63) is 34.2 Å². The Morgan fingerprint density at radius 3 is 2.64 bits per heavy atom. The first-order valence-electron chi connectivity index (χ1n) is 9.92. The van der Waals surface area contributed by atoms with E-state index in [1.54, 1.807) is 11.3 Å². The van der Waals surface area contributed by atoms with Gasteiger partial charge < -0.3 is 19.4 Å². The molecule has 0 saturated carbocycles. The van der Waals surface area contributed by atoms with Crippen LogP contribution >= 0.6 is 11.3 Å². The minimum atomic E-state index is 0.259. The Morgan fingerprint density at radius 2 is 1.93 bits per heavy atom. The minimum Gasteiger partial charge on any atom is -0.378 e. The summed E-state index contributed by atoms with van der Waals surface area (Å²) in [6.45, 7) is 8.47. The van der Waals surface area contributed by atoms with Crippen molar-refractivity contribution < 1.29 is 9.53 Å². The summed E-state index contributed by atoms with van der Waals surface area (Å²) >= 11 is 1.75. The number of aromatic nitrogens is 2. The molecule has 150 valence electrons. The van der Waals surface area contributed by atoms with Crippen molar-refractivity contribution in [1.29, 1.82) is 0 Å². The van der Waals surface area contributed by atoms with Gasteiger partial charge in [-0.25, -0.2) is 0 Å². The normalized spacial score (nSPS) is 17.8. The molecule has 0 radical (unpaired) electrons. The molecule has 0 N–H and O–H groups in total. The molecule has 4 heterocycles. The molecule has 0 bridgehead atoms. The van der Waals surface area contributed by atoms with Crippen molar-refractivity contribution in [3.8, 4) is 0 Å². The maximum atomic E-state index is 12.6. The Balaban J connectivity index is 1.30. The first kappa shape index (κ1) is 19.1. The Labute approximate surface area is 169 Å². The van der Waals surface area contributed by atoms with Gasteiger partial charge in [0.15, 0.2) is 5.82 Å². The first-order chi connectivity index (χ1) is 13.7. The number of carbonyl (C=O) groups is 1. The van der Waals surface area contributed by atoms with Crippen LogP contribution in [0.2, 0.25) is 0 Å². The highest BCUT2D eigenvalue weighted by atomic mass is 32.1. The molecule has 0 spiro atoms. The predicted molar refractivity (Wildman–Crippen MR) is 111 cm³/mol. The van der Waals surface area contributed by atoms with Crippen molar-refractivity contribution in [2.24, 2.45) is 0 Å². The summed E-state index contributed by atoms with van der Waals surface area (Å²) in [5.74, 6) is 1.17. The van der Waals surface area contributed by atoms with Crippen LogP contribution < -0.4 is 9.80 Å². The van der Waals surface area contributed by atoms with Crippen molar-refractivity contribution in [2.45, 2.75) is 19.8 Å². The monoisotopic (exact) mass is 401 g/mol. The number of piperazine rings is 1. The molecule has 2 fully saturated rings. The maximum absolute atomic E-state index is 12.6. The van der Waals surface area contributed by atoms with E-state index in [2.05, 4.69) is 44.4 Å². The van der Waals surface area contributed by atoms with Gasteiger partial charge in [-0.15, -0.1) is 16.4 Å². The molecule has 0 unspecified atom stereocenters. The first-order valence-corrected chi connectivity index (χ1v) is 10.8. The summed E-state index contributed by atoms with van der Waals surface area (Å²) in [5.41, 5.74) is 2.38. The van der Waals surface area contributed by atoms with Gasteiger partial charge in [0, 0.05) is 56.6 Å². The van der Waals surface area contributed by atoms with E-state index < -0.39 is 0 Å². The second-order valence-electron chi connectivity index (χ2n) is 7.27. The number of morpholine rings is 1. The predicted octanol–water partition coefficient (Wildman–Crippen LogP) is 1.96. The third-order valence-corrected chi connectivity index (χ3v) is 6.58. The van der Waals surface area contributed by atoms with E-state index in [0.717, 1.165) is 70.4 Å². The van der Waals surface area contributed by atoms with Gasteiger partial charge in [0.1, 0.15) is 0 Å². The van der Waals surface area contributed by atoms with E-state index in [9.17, 15) is 4.79 Å². The Kier molecular flexibility index (Phi) is 6.07. The number of thiophene rings is 1. The van der Waals surface area contributed by atoms with E-state index >= 15 is 0 Å². The minimum absolute atomic E-state index is 0.259. The van der Waals surface area contributed by atoms with Gasteiger partial charge in [-0.2, -0.15) is 5.10 Å². The summed E-state index contributed by atoms with van der Waals surface area (Å²) in [6.07, 6.45) is 3.26. The van der Waals surface area contributed by atoms with Gasteiger partial charge in [0.2, 0.25) is 5.91 Å². The summed E-state index contributed by atoms with van der Waals surface area (Å²) in [4.78, 5) is 20.4. The van der Waals surface area contributed by atoms with Crippen molar-refractivity contribution >= 4 is 28.7 Å². The van der Waals surface area contributed by atoms with E-state index in [4.69, 9.17) is 4.74 Å². The number of rotatable bonds is 5. The van der Waals surface area contributed by atoms with E-state index in [0.29, 0.717) is 6.42 Å². The standard InChI is InChI=1S/C20H27N5O2S/c1-16-4-13-28-18(16)2-3-20(26)25-7-5-23(6-8-25)17-14-19(22-21-15-17)24-9-11-27-12-10-24/h4,13-15H,2-3,5-12H2,1H3. The summed E-state index contributed by atoms with van der Waals surface area (Å²) < 4.78 is 5.41. The number of aryl methyl sites for hydroxylation is 2. The fourth-order valence-electron chi connectivity index (χ4n) is 3.72. The van der Waals surface area contributed by atoms with E-state index in [1.807, 2.05) is 11.1 Å². The van der Waals surface area contributed by atoms with Crippen LogP contribution in [0.5, 0.6) is 0 Å². The van der Waals surface area contributed by atoms with Crippen molar-refractivity contribution in [2.75, 3.05) is 62.3 Å². The second kappa shape index (κ2) is 8.87. The SMILES string of the molecule is Cc1ccsc1CCC(=O)N1CCN(c2cnnc(N3CCOCC3)c2)CC1. The molecule has 0 aliphatic carbocycles. The number of hydrogen-bond acceptors (Lipinski definition) is 7. The number of carbonyl (C=O) groups excluding carboxylic acids is 1. The second-order valence-corrected chi connectivity index (χ2v) is 8.27. The molecular weight excluding hydrogens is 374 g/mol. The molecule has 8 heteroatoms. The Bertz CT molecular complexity index is 797. The smallest absolute Gasteiger partial charge is 0.223 e. The molecule has 7 nitrogen and oxygen atoms in total. The van der Waals surface area contributed by atoms with Crippen LogP contribution in [0.15, 0.2) is 23.7 Å². The lowest BCUT2D eigenvalue weighted by Crippen LogP contribution is -2.49. The van der Waals surface area contributed by atoms with Crippen molar-refractivity contribution in [3.63, 3.8) is 0 Å². The molecule has 2 aliphatic rings. The van der Waals surface area contributed by atoms with Crippen LogP contribution in [0, 0.1) is 6.92 Å². The number of ether oxygens (including phenoxy) is 1. The molecule has 2 aliphatic heterocycles. The zero-order valence-electron chi connectivity index (χ0n) is 16.3. The number of amides is 1. The van der Waals surface area contributed by atoms with Gasteiger partial charge >= 0.3 is 0 Å². The van der Waals surface area contributed by atoms with Crippen LogP contribution in [0.4, 0.5) is 11.5 Å². The van der Waals surface area contributed by atoms with Gasteiger partial charge in [0.25, 0.3) is 0 Å². The molecule has 2 saturated heterocycles. The zero-order valence-corrected chi connectivity index (χ0v) is 17.2. The van der Waals surface area contributed by atoms with E-state index in [1.165, 1.54) is 10.4 Å². The fraction of sp³-hybridized carbons (Fsp3) is 0.550. The highest BCUT2D eigenvalue weighted by molar-refractivity contribution is 7.10. The highest BCUT2D eigenvalue weighted by Crippen LogP contribution is 2.22. The van der Waals surface area contributed by atoms with Crippen LogP contribution in [0.25, 0.3) is 0 Å². The van der Waals surface area contributed by atoms with Gasteiger partial charge in [0.05, 0.1) is 25.1 Å². The molecule has 0 atom stereocenters. The Hall–Kier alpha value is -2.19. The maximum Gasteiger partial charge on any atom is 0.223 e. The number of anilines is 2. The van der Waals surface area contributed by atoms with Crippen LogP contribution in [-0.2, 0) is 16.0 Å². The summed E-state index contributed by atoms with van der Waals surface area (Å²) in [7, 11) is 0. The average Bonchev–Trinajstić information content (AvgIpc) is 3.17. The molecule has 0 aromatic carbocycles. The van der Waals surface area contributed by atoms with Crippen molar-refractivity contribution in [1.82, 2.24) is 15.1 Å². The van der Waals surface area contributed by atoms with Crippen LogP contribution in [0.3, 0.4) is 0 Å². The van der Waals surface area contributed by atoms with Gasteiger partial charge in [-0.1, -0.05) is 0 Å². The highest BCUT2D eigenvalue weighted by Gasteiger charge is 2.22. The molecule has 2 aromatic rings. The lowest BCUT2D eigenvalue weighted by molar-refractivity contribution is -0.131. The number of hydrogen-bond donors (Lipinski definition) is 0. The lowest BCUT2D eigenvalue weighted by Gasteiger charge is -2.36. The van der Waals surface area contributed by atoms with Crippen LogP contribution in [-0.4, -0.2) is 73.5 Å². The molecule has 28 heavy (non-hydrogen) atoms. The van der Waals surface area contributed by atoms with Gasteiger partial charge in [-0.05, 0) is 30.4 Å². The summed E-state index contributed by atoms with van der Waals surface area (Å²) in [6, 6.07) is 4.23. The fourth-order valence-corrected chi connectivity index (χ4v) is 4.63. The molecular formula is C20H27N5O2S. The topological polar surface area (TPSA) is 61.8 Å². The Morgan fingerprint density at radius 1 is 1.14 bits per heavy atom. The van der Waals surface area contributed by atoms with Crippen LogP contribution in [0.1, 0.15) is 16.9 Å². The summed E-state index contributed by atoms with van der Waals surface area (Å²) in [5, 5.41) is 10.6. The molecule has 4 rings (SSSR count). The quantitative estimate of drug-likeness (QED) is 0.763. The zero-order chi connectivity index (χ0) is 19.3. The largest absolute Gasteiger partial charge is 0.378 e. The third-order valence-electron chi connectivity index (χ3n) is 5.49.